The Labute approximate surface area is 124 Å². The van der Waals surface area contributed by atoms with Crippen molar-refractivity contribution in [2.45, 2.75) is 51.0 Å². The first kappa shape index (κ1) is 13.0. The highest BCUT2D eigenvalue weighted by Gasteiger charge is 2.25. The van der Waals surface area contributed by atoms with Crippen molar-refractivity contribution in [2.75, 3.05) is 6.54 Å². The third-order valence-corrected chi connectivity index (χ3v) is 4.77. The van der Waals surface area contributed by atoms with Crippen LogP contribution in [0.5, 0.6) is 0 Å². The van der Waals surface area contributed by atoms with Gasteiger partial charge in [0.1, 0.15) is 0 Å². The molecule has 0 saturated carbocycles. The molecule has 1 aliphatic heterocycles. The molecule has 1 N–H and O–H groups in total. The molecular weight excluding hydrogens is 262 g/mol. The van der Waals surface area contributed by atoms with Crippen LogP contribution >= 0.6 is 0 Å². The van der Waals surface area contributed by atoms with E-state index in [2.05, 4.69) is 40.6 Å². The van der Waals surface area contributed by atoms with Gasteiger partial charge in [0.05, 0.1) is 0 Å². The summed E-state index contributed by atoms with van der Waals surface area (Å²) in [6.45, 7) is 3.24. The van der Waals surface area contributed by atoms with Gasteiger partial charge < -0.3 is 9.84 Å². The third-order valence-electron chi connectivity index (χ3n) is 4.77. The molecule has 1 aliphatic carbocycles. The molecule has 2 aliphatic rings. The Bertz CT molecular complexity index is 649. The van der Waals surface area contributed by atoms with Gasteiger partial charge in [0, 0.05) is 17.5 Å². The lowest BCUT2D eigenvalue weighted by Crippen LogP contribution is -2.34. The van der Waals surface area contributed by atoms with Crippen LogP contribution in [0.4, 0.5) is 0 Å². The van der Waals surface area contributed by atoms with Crippen molar-refractivity contribution in [2.24, 2.45) is 0 Å². The van der Waals surface area contributed by atoms with Crippen LogP contribution in [0, 0.1) is 0 Å². The first-order chi connectivity index (χ1) is 10.3. The Hall–Kier alpha value is -1.68. The maximum absolute atomic E-state index is 5.54. The molecule has 4 heteroatoms. The van der Waals surface area contributed by atoms with Crippen LogP contribution in [-0.2, 0) is 12.8 Å². The summed E-state index contributed by atoms with van der Waals surface area (Å²) in [6, 6.07) is 7.12. The fraction of sp³-hybridized carbons (Fsp3) is 0.529. The Morgan fingerprint density at radius 1 is 1.24 bits per heavy atom. The normalized spacial score (nSPS) is 25.0. The van der Waals surface area contributed by atoms with Crippen molar-refractivity contribution in [1.29, 1.82) is 0 Å². The molecule has 110 valence electrons. The molecule has 2 aromatic rings. The molecule has 1 saturated heterocycles. The fourth-order valence-corrected chi connectivity index (χ4v) is 3.59. The lowest BCUT2D eigenvalue weighted by Gasteiger charge is -2.25. The van der Waals surface area contributed by atoms with Gasteiger partial charge in [-0.25, -0.2) is 0 Å². The highest BCUT2D eigenvalue weighted by atomic mass is 16.5. The van der Waals surface area contributed by atoms with Gasteiger partial charge in [-0.1, -0.05) is 17.3 Å². The molecule has 0 radical (unpaired) electrons. The first-order valence-electron chi connectivity index (χ1n) is 7.99. The predicted octanol–water partition coefficient (Wildman–Crippen LogP) is 3.08. The average molecular weight is 283 g/mol. The summed E-state index contributed by atoms with van der Waals surface area (Å²) in [5.74, 6) is 1.95. The van der Waals surface area contributed by atoms with E-state index in [0.717, 1.165) is 36.7 Å². The second kappa shape index (κ2) is 5.26. The van der Waals surface area contributed by atoms with Gasteiger partial charge in [0.2, 0.25) is 11.7 Å². The number of benzene rings is 1. The summed E-state index contributed by atoms with van der Waals surface area (Å²) >= 11 is 0. The number of aromatic nitrogens is 2. The molecule has 4 rings (SSSR count). The van der Waals surface area contributed by atoms with Gasteiger partial charge in [-0.2, -0.15) is 4.98 Å². The predicted molar refractivity (Wildman–Crippen MR) is 81.2 cm³/mol. The first-order valence-corrected chi connectivity index (χ1v) is 7.99. The van der Waals surface area contributed by atoms with Gasteiger partial charge >= 0.3 is 0 Å². The highest BCUT2D eigenvalue weighted by molar-refractivity contribution is 5.57. The maximum Gasteiger partial charge on any atom is 0.230 e. The number of nitrogens with one attached hydrogen (secondary N) is 1. The molecule has 4 nitrogen and oxygen atoms in total. The quantitative estimate of drug-likeness (QED) is 0.920. The minimum absolute atomic E-state index is 0.400. The minimum atomic E-state index is 0.400. The van der Waals surface area contributed by atoms with Crippen LogP contribution in [0.2, 0.25) is 0 Å². The molecule has 0 bridgehead atoms. The Kier molecular flexibility index (Phi) is 3.26. The second-order valence-corrected chi connectivity index (χ2v) is 6.37. The van der Waals surface area contributed by atoms with Gasteiger partial charge in [-0.3, -0.25) is 0 Å². The van der Waals surface area contributed by atoms with Crippen LogP contribution < -0.4 is 5.32 Å². The second-order valence-electron chi connectivity index (χ2n) is 6.37. The molecule has 0 amide bonds. The molecule has 1 aromatic carbocycles. The van der Waals surface area contributed by atoms with Crippen LogP contribution in [0.15, 0.2) is 22.7 Å². The smallest absolute Gasteiger partial charge is 0.230 e. The Morgan fingerprint density at radius 2 is 2.14 bits per heavy atom. The number of fused-ring (bicyclic) bond motifs is 1. The van der Waals surface area contributed by atoms with E-state index in [1.807, 2.05) is 0 Å². The van der Waals surface area contributed by atoms with Gasteiger partial charge in [-0.15, -0.1) is 0 Å². The van der Waals surface area contributed by atoms with E-state index in [1.54, 1.807) is 0 Å². The average Bonchev–Trinajstić information content (AvgIpc) is 3.15. The number of rotatable bonds is 2. The van der Waals surface area contributed by atoms with Crippen molar-refractivity contribution in [3.05, 3.63) is 35.2 Å². The highest BCUT2D eigenvalue weighted by Crippen LogP contribution is 2.30. The van der Waals surface area contributed by atoms with Gasteiger partial charge in [-0.05, 0) is 62.8 Å². The number of hydrogen-bond donors (Lipinski definition) is 1. The van der Waals surface area contributed by atoms with Crippen LogP contribution in [0.25, 0.3) is 11.4 Å². The van der Waals surface area contributed by atoms with Crippen LogP contribution in [0.1, 0.15) is 49.1 Å². The molecule has 21 heavy (non-hydrogen) atoms. The van der Waals surface area contributed by atoms with E-state index in [9.17, 15) is 0 Å². The number of piperidine rings is 1. The summed E-state index contributed by atoms with van der Waals surface area (Å²) in [6.07, 6.45) is 5.81. The van der Waals surface area contributed by atoms with Crippen molar-refractivity contribution in [1.82, 2.24) is 15.5 Å². The summed E-state index contributed by atoms with van der Waals surface area (Å²) in [5.41, 5.74) is 4.02. The van der Waals surface area contributed by atoms with E-state index < -0.39 is 0 Å². The van der Waals surface area contributed by atoms with E-state index in [4.69, 9.17) is 4.52 Å². The zero-order chi connectivity index (χ0) is 14.2. The standard InChI is InChI=1S/C17H21N3O/c1-11-9-15(7-8-18-11)17-19-16(20-21-17)14-6-5-12-3-2-4-13(12)10-14/h5-6,10-11,15,18H,2-4,7-9H2,1H3/t11-,15-/m1/s1. The Morgan fingerprint density at radius 3 is 3.05 bits per heavy atom. The zero-order valence-electron chi connectivity index (χ0n) is 12.4. The maximum atomic E-state index is 5.54. The van der Waals surface area contributed by atoms with Crippen LogP contribution in [-0.4, -0.2) is 22.7 Å². The van der Waals surface area contributed by atoms with E-state index >= 15 is 0 Å². The molecule has 2 atom stereocenters. The van der Waals surface area contributed by atoms with Crippen molar-refractivity contribution < 1.29 is 4.52 Å². The molecular formula is C17H21N3O. The number of nitrogens with zero attached hydrogens (tertiary/aromatic N) is 2. The van der Waals surface area contributed by atoms with Crippen molar-refractivity contribution >= 4 is 0 Å². The summed E-state index contributed by atoms with van der Waals surface area (Å²) in [7, 11) is 0. The number of aryl methyl sites for hydroxylation is 2. The summed E-state index contributed by atoms with van der Waals surface area (Å²) in [5, 5.41) is 7.66. The summed E-state index contributed by atoms with van der Waals surface area (Å²) in [4.78, 5) is 4.66. The van der Waals surface area contributed by atoms with Gasteiger partial charge in [0.25, 0.3) is 0 Å². The zero-order valence-corrected chi connectivity index (χ0v) is 12.4. The van der Waals surface area contributed by atoms with E-state index in [0.29, 0.717) is 12.0 Å². The molecule has 2 heterocycles. The van der Waals surface area contributed by atoms with Gasteiger partial charge in [0.15, 0.2) is 0 Å². The summed E-state index contributed by atoms with van der Waals surface area (Å²) < 4.78 is 5.54. The monoisotopic (exact) mass is 283 g/mol. The molecule has 1 aromatic heterocycles. The lowest BCUT2D eigenvalue weighted by molar-refractivity contribution is 0.295. The number of hydrogen-bond acceptors (Lipinski definition) is 4. The molecule has 0 unspecified atom stereocenters. The van der Waals surface area contributed by atoms with E-state index in [-0.39, 0.29) is 0 Å². The third kappa shape index (κ3) is 2.48. The molecule has 0 spiro atoms. The fourth-order valence-electron chi connectivity index (χ4n) is 3.59. The largest absolute Gasteiger partial charge is 0.339 e. The van der Waals surface area contributed by atoms with Crippen molar-refractivity contribution in [3.8, 4) is 11.4 Å². The lowest BCUT2D eigenvalue weighted by atomic mass is 9.93. The Balaban J connectivity index is 1.59. The van der Waals surface area contributed by atoms with E-state index in [1.165, 1.54) is 30.4 Å². The van der Waals surface area contributed by atoms with Crippen LogP contribution in [0.3, 0.4) is 0 Å². The topological polar surface area (TPSA) is 51.0 Å². The molecule has 1 fully saturated rings. The van der Waals surface area contributed by atoms with Crippen molar-refractivity contribution in [3.63, 3.8) is 0 Å². The minimum Gasteiger partial charge on any atom is -0.339 e. The SMILES string of the molecule is C[C@@H]1C[C@H](c2nc(-c3ccc4c(c3)CCC4)no2)CCN1.